The maximum Gasteiger partial charge on any atom is 0.341 e. The van der Waals surface area contributed by atoms with Crippen molar-refractivity contribution in [3.05, 3.63) is 118 Å². The van der Waals surface area contributed by atoms with Crippen LogP contribution >= 0.6 is 33.9 Å². The van der Waals surface area contributed by atoms with Crippen LogP contribution in [0.5, 0.6) is 11.5 Å². The van der Waals surface area contributed by atoms with Crippen molar-refractivity contribution in [2.24, 2.45) is 4.99 Å². The molecule has 11 heteroatoms. The largest absolute Gasteiger partial charge is 0.493 e. The van der Waals surface area contributed by atoms with Crippen LogP contribution in [-0.2, 0) is 14.3 Å². The van der Waals surface area contributed by atoms with Gasteiger partial charge in [-0.2, -0.15) is 0 Å². The third-order valence-corrected chi connectivity index (χ3v) is 8.97. The van der Waals surface area contributed by atoms with Crippen LogP contribution in [0.1, 0.15) is 55.0 Å². The number of carbonyl (C=O) groups excluding carboxylic acids is 1. The smallest absolute Gasteiger partial charge is 0.341 e. The second-order valence-electron chi connectivity index (χ2n) is 10.5. The van der Waals surface area contributed by atoms with Crippen molar-refractivity contribution in [3.63, 3.8) is 0 Å². The highest BCUT2D eigenvalue weighted by atomic mass is 127. The number of esters is 1. The zero-order valence-corrected chi connectivity index (χ0v) is 28.0. The molecule has 0 unspecified atom stereocenters. The lowest BCUT2D eigenvalue weighted by atomic mass is 9.91. The third kappa shape index (κ3) is 6.74. The number of methoxy groups -OCH3 is 1. The molecule has 0 amide bonds. The van der Waals surface area contributed by atoms with Gasteiger partial charge in [0.1, 0.15) is 0 Å². The van der Waals surface area contributed by atoms with Crippen LogP contribution in [0.4, 0.5) is 0 Å². The van der Waals surface area contributed by atoms with E-state index in [1.165, 1.54) is 18.4 Å². The Labute approximate surface area is 277 Å². The average Bonchev–Trinajstić information content (AvgIpc) is 3.33. The molecular formula is C34H31IN2O7S. The van der Waals surface area contributed by atoms with Gasteiger partial charge < -0.3 is 19.3 Å². The Balaban J connectivity index is 1.75. The van der Waals surface area contributed by atoms with Gasteiger partial charge in [0.05, 0.1) is 39.1 Å². The molecule has 0 bridgehead atoms. The van der Waals surface area contributed by atoms with Gasteiger partial charge >= 0.3 is 11.9 Å². The average molecular weight is 739 g/mol. The lowest BCUT2D eigenvalue weighted by Gasteiger charge is -2.26. The maximum atomic E-state index is 14.2. The highest BCUT2D eigenvalue weighted by molar-refractivity contribution is 14.1. The number of thiazole rings is 1. The summed E-state index contributed by atoms with van der Waals surface area (Å²) in [6, 6.07) is 20.0. The molecule has 9 nitrogen and oxygen atoms in total. The van der Waals surface area contributed by atoms with Gasteiger partial charge in [-0.3, -0.25) is 9.36 Å². The molecule has 45 heavy (non-hydrogen) atoms. The molecule has 0 radical (unpaired) electrons. The van der Waals surface area contributed by atoms with E-state index in [-0.39, 0.29) is 17.7 Å². The minimum Gasteiger partial charge on any atom is -0.493 e. The third-order valence-electron chi connectivity index (χ3n) is 7.18. The predicted molar refractivity (Wildman–Crippen MR) is 180 cm³/mol. The topological polar surface area (TPSA) is 116 Å². The number of aromatic nitrogens is 1. The van der Waals surface area contributed by atoms with Gasteiger partial charge in [0.2, 0.25) is 0 Å². The van der Waals surface area contributed by atoms with E-state index in [1.807, 2.05) is 77.2 Å². The molecule has 0 saturated carbocycles. The van der Waals surface area contributed by atoms with Crippen LogP contribution < -0.4 is 24.4 Å². The van der Waals surface area contributed by atoms with Crippen LogP contribution in [0.2, 0.25) is 0 Å². The lowest BCUT2D eigenvalue weighted by Crippen LogP contribution is -2.40. The number of carboxylic acids is 1. The number of fused-ring (bicyclic) bond motifs is 1. The summed E-state index contributed by atoms with van der Waals surface area (Å²) in [4.78, 5) is 44.3. The molecule has 0 aliphatic carbocycles. The van der Waals surface area contributed by atoms with Crippen molar-refractivity contribution in [3.8, 4) is 11.5 Å². The predicted octanol–water partition coefficient (Wildman–Crippen LogP) is 5.14. The van der Waals surface area contributed by atoms with Gasteiger partial charge in [0.25, 0.3) is 5.56 Å². The van der Waals surface area contributed by atoms with Crippen molar-refractivity contribution < 1.29 is 28.9 Å². The first-order valence-corrected chi connectivity index (χ1v) is 16.1. The SMILES string of the molecule is CCOC(=O)C1=C(c2ccccc2)N=c2s/c(=C\c3cc(I)c(OCC(=O)O)c(OC)c3)c(=O)n2[C@H]1c1ccc(C(C)C)cc1. The normalized spacial score (nSPS) is 14.6. The number of benzene rings is 3. The number of halogens is 1. The Morgan fingerprint density at radius 1 is 1.11 bits per heavy atom. The summed E-state index contributed by atoms with van der Waals surface area (Å²) in [5.41, 5.74) is 3.70. The van der Waals surface area contributed by atoms with E-state index in [1.54, 1.807) is 29.7 Å². The van der Waals surface area contributed by atoms with E-state index in [0.29, 0.717) is 41.6 Å². The number of hydrogen-bond acceptors (Lipinski definition) is 8. The first-order valence-electron chi connectivity index (χ1n) is 14.2. The number of ether oxygens (including phenoxy) is 3. The van der Waals surface area contributed by atoms with E-state index in [9.17, 15) is 14.4 Å². The summed E-state index contributed by atoms with van der Waals surface area (Å²) in [5.74, 6) is -0.703. The van der Waals surface area contributed by atoms with E-state index >= 15 is 0 Å². The van der Waals surface area contributed by atoms with Crippen molar-refractivity contribution in [1.29, 1.82) is 0 Å². The minimum absolute atomic E-state index is 0.167. The molecule has 1 aliphatic heterocycles. The quantitative estimate of drug-likeness (QED) is 0.177. The summed E-state index contributed by atoms with van der Waals surface area (Å²) in [6.45, 7) is 5.61. The Hall–Kier alpha value is -4.23. The molecular weight excluding hydrogens is 707 g/mol. The Morgan fingerprint density at radius 3 is 2.44 bits per heavy atom. The van der Waals surface area contributed by atoms with Crippen molar-refractivity contribution in [2.45, 2.75) is 32.7 Å². The summed E-state index contributed by atoms with van der Waals surface area (Å²) in [5, 5.41) is 9.05. The van der Waals surface area contributed by atoms with Gasteiger partial charge in [-0.15, -0.1) is 0 Å². The molecule has 1 aliphatic rings. The second kappa shape index (κ2) is 13.8. The van der Waals surface area contributed by atoms with Gasteiger partial charge in [-0.1, -0.05) is 79.8 Å². The zero-order chi connectivity index (χ0) is 32.2. The standard InChI is InChI=1S/C34H31IN2O7S/c1-5-43-33(41)28-29(22-9-7-6-8-10-22)36-34-37(30(28)23-13-11-21(12-14-23)19(2)3)32(40)26(45-34)17-20-15-24(35)31(25(16-20)42-4)44-18-27(38)39/h6-17,19,30H,5,18H2,1-4H3,(H,38,39)/b26-17-/t30-/m0/s1. The second-order valence-corrected chi connectivity index (χ2v) is 12.6. The summed E-state index contributed by atoms with van der Waals surface area (Å²) >= 11 is 3.26. The zero-order valence-electron chi connectivity index (χ0n) is 25.1. The van der Waals surface area contributed by atoms with Crippen LogP contribution in [-0.4, -0.2) is 41.9 Å². The summed E-state index contributed by atoms with van der Waals surface area (Å²) < 4.78 is 19.0. The van der Waals surface area contributed by atoms with Crippen LogP contribution in [0.15, 0.2) is 82.1 Å². The summed E-state index contributed by atoms with van der Waals surface area (Å²) in [7, 11) is 1.46. The number of hydrogen-bond donors (Lipinski definition) is 1. The van der Waals surface area contributed by atoms with Crippen molar-refractivity contribution in [2.75, 3.05) is 20.3 Å². The lowest BCUT2D eigenvalue weighted by molar-refractivity contribution is -0.140. The van der Waals surface area contributed by atoms with Crippen LogP contribution in [0, 0.1) is 3.57 Å². The molecule has 1 aromatic heterocycles. The monoisotopic (exact) mass is 738 g/mol. The number of aliphatic carboxylic acids is 1. The molecule has 1 atom stereocenters. The van der Waals surface area contributed by atoms with E-state index in [0.717, 1.165) is 16.7 Å². The molecule has 3 aromatic carbocycles. The first-order chi connectivity index (χ1) is 21.6. The van der Waals surface area contributed by atoms with Crippen molar-refractivity contribution >= 4 is 57.6 Å². The number of carbonyl (C=O) groups is 2. The van der Waals surface area contributed by atoms with Gasteiger partial charge in [0.15, 0.2) is 22.9 Å². The highest BCUT2D eigenvalue weighted by Gasteiger charge is 2.35. The Morgan fingerprint density at radius 2 is 1.82 bits per heavy atom. The molecule has 1 N–H and O–H groups in total. The van der Waals surface area contributed by atoms with Crippen LogP contribution in [0.3, 0.4) is 0 Å². The fourth-order valence-corrected chi connectivity index (χ4v) is 6.85. The molecule has 0 saturated heterocycles. The fourth-order valence-electron chi connectivity index (χ4n) is 5.07. The van der Waals surface area contributed by atoms with E-state index in [4.69, 9.17) is 24.3 Å². The van der Waals surface area contributed by atoms with Crippen LogP contribution in [0.25, 0.3) is 11.8 Å². The summed E-state index contributed by atoms with van der Waals surface area (Å²) in [6.07, 6.45) is 1.73. The molecule has 232 valence electrons. The van der Waals surface area contributed by atoms with Gasteiger partial charge in [-0.25, -0.2) is 14.6 Å². The highest BCUT2D eigenvalue weighted by Crippen LogP contribution is 2.36. The molecule has 4 aromatic rings. The molecule has 2 heterocycles. The molecule has 0 spiro atoms. The Kier molecular flexibility index (Phi) is 9.88. The maximum absolute atomic E-state index is 14.2. The Bertz CT molecular complexity index is 1960. The molecule has 0 fully saturated rings. The number of rotatable bonds is 10. The van der Waals surface area contributed by atoms with E-state index in [2.05, 4.69) is 13.8 Å². The van der Waals surface area contributed by atoms with Gasteiger partial charge in [0, 0.05) is 5.56 Å². The van der Waals surface area contributed by atoms with Crippen molar-refractivity contribution in [1.82, 2.24) is 4.57 Å². The van der Waals surface area contributed by atoms with E-state index < -0.39 is 24.6 Å². The number of nitrogens with zero attached hydrogens (tertiary/aromatic N) is 2. The minimum atomic E-state index is -1.11. The van der Waals surface area contributed by atoms with Gasteiger partial charge in [-0.05, 0) is 70.3 Å². The number of carboxylic acid groups (broad SMARTS) is 1. The fraction of sp³-hybridized carbons (Fsp3) is 0.235. The molecule has 5 rings (SSSR count). The first kappa shape index (κ1) is 32.2.